The van der Waals surface area contributed by atoms with Crippen LogP contribution in [0.2, 0.25) is 0 Å². The van der Waals surface area contributed by atoms with Crippen molar-refractivity contribution in [1.82, 2.24) is 15.0 Å². The molecular weight excluding hydrogens is 264 g/mol. The van der Waals surface area contributed by atoms with Gasteiger partial charge in [0.15, 0.2) is 0 Å². The quantitative estimate of drug-likeness (QED) is 0.746. The molecule has 5 nitrogen and oxygen atoms in total. The fourth-order valence-corrected chi connectivity index (χ4v) is 2.05. The summed E-state index contributed by atoms with van der Waals surface area (Å²) in [4.78, 5) is 1.67. The van der Waals surface area contributed by atoms with Crippen LogP contribution >= 0.6 is 0 Å². The molecular formula is C16H16N4O. The number of nitrogens with two attached hydrogens (primary N) is 1. The molecule has 3 rings (SSSR count). The maximum Gasteiger partial charge on any atom is 0.118 e. The Morgan fingerprint density at radius 2 is 1.76 bits per heavy atom. The molecule has 0 radical (unpaired) electrons. The number of ether oxygens (including phenoxy) is 1. The molecule has 106 valence electrons. The summed E-state index contributed by atoms with van der Waals surface area (Å²) in [5.41, 5.74) is 9.39. The zero-order valence-electron chi connectivity index (χ0n) is 11.7. The third-order valence-electron chi connectivity index (χ3n) is 3.23. The van der Waals surface area contributed by atoms with Crippen LogP contribution in [0.5, 0.6) is 5.75 Å². The number of nitrogens with zero attached hydrogens (tertiary/aromatic N) is 3. The van der Waals surface area contributed by atoms with Gasteiger partial charge in [0.05, 0.1) is 19.9 Å². The van der Waals surface area contributed by atoms with E-state index in [0.29, 0.717) is 6.54 Å². The van der Waals surface area contributed by atoms with E-state index in [4.69, 9.17) is 10.5 Å². The lowest BCUT2D eigenvalue weighted by Crippen LogP contribution is -2.03. The van der Waals surface area contributed by atoms with Gasteiger partial charge >= 0.3 is 0 Å². The molecule has 0 aliphatic rings. The lowest BCUT2D eigenvalue weighted by atomic mass is 10.1. The molecule has 2 aromatic carbocycles. The van der Waals surface area contributed by atoms with Crippen LogP contribution in [0.4, 0.5) is 5.69 Å². The second-order valence-electron chi connectivity index (χ2n) is 4.73. The molecule has 0 fully saturated rings. The van der Waals surface area contributed by atoms with E-state index in [1.54, 1.807) is 18.1 Å². The fraction of sp³-hybridized carbons (Fsp3) is 0.125. The number of benzene rings is 2. The smallest absolute Gasteiger partial charge is 0.118 e. The third-order valence-corrected chi connectivity index (χ3v) is 3.23. The molecule has 0 bridgehead atoms. The van der Waals surface area contributed by atoms with Crippen LogP contribution in [-0.2, 0) is 6.54 Å². The van der Waals surface area contributed by atoms with Gasteiger partial charge in [-0.25, -0.2) is 0 Å². The van der Waals surface area contributed by atoms with Gasteiger partial charge in [0.1, 0.15) is 11.4 Å². The molecule has 0 unspecified atom stereocenters. The lowest BCUT2D eigenvalue weighted by Gasteiger charge is -2.03. The lowest BCUT2D eigenvalue weighted by molar-refractivity contribution is 0.414. The van der Waals surface area contributed by atoms with Crippen molar-refractivity contribution in [2.24, 2.45) is 0 Å². The molecule has 21 heavy (non-hydrogen) atoms. The number of rotatable bonds is 4. The van der Waals surface area contributed by atoms with Gasteiger partial charge in [0.25, 0.3) is 0 Å². The molecule has 0 aliphatic heterocycles. The SMILES string of the molecule is COc1ccc(Cn2ncc(-c3ccc(N)cc3)n2)cc1. The predicted octanol–water partition coefficient (Wildman–Crippen LogP) is 2.58. The van der Waals surface area contributed by atoms with Gasteiger partial charge in [-0.3, -0.25) is 0 Å². The van der Waals surface area contributed by atoms with Gasteiger partial charge < -0.3 is 10.5 Å². The van der Waals surface area contributed by atoms with Crippen molar-refractivity contribution in [2.75, 3.05) is 12.8 Å². The summed E-state index contributed by atoms with van der Waals surface area (Å²) >= 11 is 0. The van der Waals surface area contributed by atoms with E-state index >= 15 is 0 Å². The second-order valence-corrected chi connectivity index (χ2v) is 4.73. The van der Waals surface area contributed by atoms with E-state index in [0.717, 1.165) is 28.3 Å². The Morgan fingerprint density at radius 3 is 2.43 bits per heavy atom. The molecule has 5 heteroatoms. The Hall–Kier alpha value is -2.82. The number of hydrogen-bond donors (Lipinski definition) is 1. The Labute approximate surface area is 123 Å². The molecule has 0 amide bonds. The van der Waals surface area contributed by atoms with Gasteiger partial charge in [0, 0.05) is 11.3 Å². The van der Waals surface area contributed by atoms with E-state index in [1.807, 2.05) is 48.5 Å². The van der Waals surface area contributed by atoms with Crippen molar-refractivity contribution in [3.63, 3.8) is 0 Å². The minimum atomic E-state index is 0.624. The van der Waals surface area contributed by atoms with Gasteiger partial charge in [-0.05, 0) is 29.8 Å². The number of methoxy groups -OCH3 is 1. The topological polar surface area (TPSA) is 66.0 Å². The maximum absolute atomic E-state index is 5.68. The van der Waals surface area contributed by atoms with Crippen LogP contribution in [0.1, 0.15) is 5.56 Å². The van der Waals surface area contributed by atoms with Crippen molar-refractivity contribution in [3.8, 4) is 17.0 Å². The summed E-state index contributed by atoms with van der Waals surface area (Å²) in [6.45, 7) is 0.624. The van der Waals surface area contributed by atoms with Crippen LogP contribution in [0.15, 0.2) is 54.7 Å². The number of anilines is 1. The molecule has 0 atom stereocenters. The number of hydrogen-bond acceptors (Lipinski definition) is 4. The van der Waals surface area contributed by atoms with Crippen molar-refractivity contribution in [1.29, 1.82) is 0 Å². The number of aromatic nitrogens is 3. The van der Waals surface area contributed by atoms with Crippen LogP contribution in [0.25, 0.3) is 11.3 Å². The van der Waals surface area contributed by atoms with Gasteiger partial charge in [0.2, 0.25) is 0 Å². The van der Waals surface area contributed by atoms with Crippen LogP contribution in [0.3, 0.4) is 0 Å². The zero-order chi connectivity index (χ0) is 14.7. The van der Waals surface area contributed by atoms with E-state index in [-0.39, 0.29) is 0 Å². The molecule has 1 heterocycles. The standard InChI is InChI=1S/C16H16N4O/c1-21-15-8-2-12(3-9-15)11-20-18-10-16(19-20)13-4-6-14(17)7-5-13/h2-10H,11,17H2,1H3. The highest BCUT2D eigenvalue weighted by Gasteiger charge is 2.04. The Kier molecular flexibility index (Phi) is 3.55. The average molecular weight is 280 g/mol. The molecule has 1 aromatic heterocycles. The first-order chi connectivity index (χ1) is 10.2. The van der Waals surface area contributed by atoms with Crippen LogP contribution < -0.4 is 10.5 Å². The van der Waals surface area contributed by atoms with Gasteiger partial charge in [-0.1, -0.05) is 24.3 Å². The molecule has 3 aromatic rings. The first-order valence-electron chi connectivity index (χ1n) is 6.63. The molecule has 0 saturated carbocycles. The first-order valence-corrected chi connectivity index (χ1v) is 6.63. The fourth-order valence-electron chi connectivity index (χ4n) is 2.05. The summed E-state index contributed by atoms with van der Waals surface area (Å²) in [6.07, 6.45) is 1.76. The van der Waals surface area contributed by atoms with E-state index < -0.39 is 0 Å². The van der Waals surface area contributed by atoms with E-state index in [1.165, 1.54) is 0 Å². The predicted molar refractivity (Wildman–Crippen MR) is 82.0 cm³/mol. The van der Waals surface area contributed by atoms with Crippen molar-refractivity contribution in [2.45, 2.75) is 6.54 Å². The summed E-state index contributed by atoms with van der Waals surface area (Å²) in [5.74, 6) is 0.842. The van der Waals surface area contributed by atoms with Crippen molar-refractivity contribution >= 4 is 5.69 Å². The highest BCUT2D eigenvalue weighted by atomic mass is 16.5. The van der Waals surface area contributed by atoms with E-state index in [9.17, 15) is 0 Å². The zero-order valence-corrected chi connectivity index (χ0v) is 11.7. The second kappa shape index (κ2) is 5.66. The summed E-state index contributed by atoms with van der Waals surface area (Å²) in [5, 5.41) is 8.78. The maximum atomic E-state index is 5.68. The molecule has 0 aliphatic carbocycles. The van der Waals surface area contributed by atoms with Crippen molar-refractivity contribution < 1.29 is 4.74 Å². The summed E-state index contributed by atoms with van der Waals surface area (Å²) in [7, 11) is 1.66. The number of nitrogen functional groups attached to an aromatic ring is 1. The molecule has 2 N–H and O–H groups in total. The normalized spacial score (nSPS) is 10.5. The first kappa shape index (κ1) is 13.2. The molecule has 0 saturated heterocycles. The van der Waals surface area contributed by atoms with E-state index in [2.05, 4.69) is 10.2 Å². The minimum Gasteiger partial charge on any atom is -0.497 e. The average Bonchev–Trinajstić information content (AvgIpc) is 2.97. The largest absolute Gasteiger partial charge is 0.497 e. The Balaban J connectivity index is 1.76. The summed E-state index contributed by atoms with van der Waals surface area (Å²) < 4.78 is 5.14. The Morgan fingerprint density at radius 1 is 1.05 bits per heavy atom. The monoisotopic (exact) mass is 280 g/mol. The third kappa shape index (κ3) is 3.02. The van der Waals surface area contributed by atoms with Gasteiger partial charge in [-0.2, -0.15) is 15.0 Å². The van der Waals surface area contributed by atoms with Crippen LogP contribution in [-0.4, -0.2) is 22.1 Å². The Bertz CT molecular complexity index is 717. The van der Waals surface area contributed by atoms with Crippen LogP contribution in [0, 0.1) is 0 Å². The van der Waals surface area contributed by atoms with Crippen molar-refractivity contribution in [3.05, 3.63) is 60.3 Å². The molecule has 0 spiro atoms. The minimum absolute atomic E-state index is 0.624. The van der Waals surface area contributed by atoms with Gasteiger partial charge in [-0.15, -0.1) is 0 Å². The highest BCUT2D eigenvalue weighted by Crippen LogP contribution is 2.18. The highest BCUT2D eigenvalue weighted by molar-refractivity contribution is 5.60. The summed E-state index contributed by atoms with van der Waals surface area (Å²) in [6, 6.07) is 15.5.